The molecule has 0 amide bonds. The maximum absolute atomic E-state index is 14.5. The van der Waals surface area contributed by atoms with E-state index in [-0.39, 0.29) is 16.1 Å². The van der Waals surface area contributed by atoms with Gasteiger partial charge in [0.15, 0.2) is 17.3 Å². The Bertz CT molecular complexity index is 1250. The number of carbonyl (C=O) groups excluding carboxylic acids is 1. The average Bonchev–Trinajstić information content (AvgIpc) is 2.70. The number of hydrogen-bond acceptors (Lipinski definition) is 5. The molecule has 12 heteroatoms. The summed E-state index contributed by atoms with van der Waals surface area (Å²) < 4.78 is 105. The SMILES string of the molecule is COc1c(Oc2cc(C(F)(F)F)c(F)cc2C2NC(C)=CC(=O)/C2=[SH](\C)=O)ccc(F)c1F. The molecule has 2 atom stereocenters. The van der Waals surface area contributed by atoms with Crippen LogP contribution in [0.4, 0.5) is 26.3 Å². The Morgan fingerprint density at radius 2 is 1.73 bits per heavy atom. The fraction of sp³-hybridized carbons (Fsp3) is 0.238. The minimum absolute atomic E-state index is 0.225. The second-order valence-corrected chi connectivity index (χ2v) is 8.49. The van der Waals surface area contributed by atoms with Crippen LogP contribution >= 0.6 is 0 Å². The summed E-state index contributed by atoms with van der Waals surface area (Å²) in [6.07, 6.45) is -2.76. The summed E-state index contributed by atoms with van der Waals surface area (Å²) in [5.74, 6) is -6.97. The van der Waals surface area contributed by atoms with Crippen LogP contribution in [-0.4, -0.2) is 28.2 Å². The third kappa shape index (κ3) is 4.80. The van der Waals surface area contributed by atoms with Crippen LogP contribution in [0, 0.1) is 17.5 Å². The van der Waals surface area contributed by atoms with Gasteiger partial charge in [-0.15, -0.1) is 0 Å². The minimum atomic E-state index is -5.12. The molecule has 2 unspecified atom stereocenters. The number of thiol groups is 1. The molecule has 2 aromatic rings. The second-order valence-electron chi connectivity index (χ2n) is 7.01. The zero-order chi connectivity index (χ0) is 24.7. The number of hydrogen-bond donors (Lipinski definition) is 2. The highest BCUT2D eigenvalue weighted by atomic mass is 32.2. The zero-order valence-corrected chi connectivity index (χ0v) is 18.2. The van der Waals surface area contributed by atoms with Crippen LogP contribution in [0.2, 0.25) is 0 Å². The minimum Gasteiger partial charge on any atom is -0.490 e. The van der Waals surface area contributed by atoms with Gasteiger partial charge in [-0.25, -0.2) is 8.78 Å². The monoisotopic (exact) mass is 493 g/mol. The second kappa shape index (κ2) is 9.00. The maximum Gasteiger partial charge on any atom is 0.419 e. The van der Waals surface area contributed by atoms with Crippen LogP contribution in [0.5, 0.6) is 17.2 Å². The van der Waals surface area contributed by atoms with E-state index >= 15 is 0 Å². The maximum atomic E-state index is 14.5. The van der Waals surface area contributed by atoms with Crippen molar-refractivity contribution in [3.63, 3.8) is 0 Å². The third-order valence-electron chi connectivity index (χ3n) is 4.74. The molecule has 1 aliphatic heterocycles. The summed E-state index contributed by atoms with van der Waals surface area (Å²) >= 11 is 0. The zero-order valence-electron chi connectivity index (χ0n) is 17.3. The van der Waals surface area contributed by atoms with Crippen LogP contribution in [0.1, 0.15) is 24.1 Å². The molecule has 5 nitrogen and oxygen atoms in total. The van der Waals surface area contributed by atoms with Crippen LogP contribution in [0.3, 0.4) is 0 Å². The summed E-state index contributed by atoms with van der Waals surface area (Å²) in [6.45, 7) is 1.48. The smallest absolute Gasteiger partial charge is 0.419 e. The highest BCUT2D eigenvalue weighted by Crippen LogP contribution is 2.42. The van der Waals surface area contributed by atoms with E-state index in [9.17, 15) is 35.3 Å². The van der Waals surface area contributed by atoms with Crippen molar-refractivity contribution in [1.82, 2.24) is 5.32 Å². The van der Waals surface area contributed by atoms with Crippen molar-refractivity contribution in [3.05, 3.63) is 64.6 Å². The van der Waals surface area contributed by atoms with E-state index in [0.29, 0.717) is 18.2 Å². The normalized spacial score (nSPS) is 18.5. The summed E-state index contributed by atoms with van der Waals surface area (Å²) in [5.41, 5.74) is -1.73. The molecular formula is C21H17F6NO4S. The predicted molar refractivity (Wildman–Crippen MR) is 109 cm³/mol. The van der Waals surface area contributed by atoms with Gasteiger partial charge in [-0.2, -0.15) is 17.6 Å². The van der Waals surface area contributed by atoms with E-state index in [2.05, 4.69) is 5.32 Å². The molecule has 1 heterocycles. The number of carbonyl (C=O) groups is 1. The predicted octanol–water partition coefficient (Wildman–Crippen LogP) is 4.32. The van der Waals surface area contributed by atoms with Crippen molar-refractivity contribution in [2.24, 2.45) is 0 Å². The highest BCUT2D eigenvalue weighted by molar-refractivity contribution is 7.86. The molecule has 0 spiro atoms. The number of benzene rings is 2. The number of methoxy groups -OCH3 is 1. The van der Waals surface area contributed by atoms with Gasteiger partial charge in [-0.05, 0) is 41.6 Å². The highest BCUT2D eigenvalue weighted by Gasteiger charge is 2.38. The topological polar surface area (TPSA) is 64.6 Å². The van der Waals surface area contributed by atoms with E-state index in [0.717, 1.165) is 19.3 Å². The first-order valence-electron chi connectivity index (χ1n) is 9.22. The van der Waals surface area contributed by atoms with Gasteiger partial charge in [0, 0.05) is 23.6 Å². The molecule has 2 aromatic carbocycles. The Balaban J connectivity index is 2.28. The number of ether oxygens (including phenoxy) is 2. The lowest BCUT2D eigenvalue weighted by molar-refractivity contribution is -0.140. The molecule has 0 fully saturated rings. The fourth-order valence-electron chi connectivity index (χ4n) is 3.32. The first kappa shape index (κ1) is 24.5. The average molecular weight is 493 g/mol. The van der Waals surface area contributed by atoms with E-state index in [1.165, 1.54) is 13.2 Å². The van der Waals surface area contributed by atoms with Crippen molar-refractivity contribution in [2.45, 2.75) is 19.1 Å². The fourth-order valence-corrected chi connectivity index (χ4v) is 4.26. The number of ketones is 1. The van der Waals surface area contributed by atoms with Gasteiger partial charge < -0.3 is 14.8 Å². The molecule has 33 heavy (non-hydrogen) atoms. The lowest BCUT2D eigenvalue weighted by Crippen LogP contribution is -2.38. The summed E-state index contributed by atoms with van der Waals surface area (Å²) in [7, 11) is -1.31. The van der Waals surface area contributed by atoms with Crippen molar-refractivity contribution >= 4 is 21.0 Å². The molecule has 0 saturated carbocycles. The Morgan fingerprint density at radius 3 is 2.30 bits per heavy atom. The van der Waals surface area contributed by atoms with Crippen LogP contribution < -0.4 is 14.8 Å². The van der Waals surface area contributed by atoms with Gasteiger partial charge in [0.05, 0.1) is 23.6 Å². The van der Waals surface area contributed by atoms with E-state index in [4.69, 9.17) is 9.47 Å². The standard InChI is InChI=1S/C21H17F6NO4S/c1-9-6-14(29)20(33(3)30)18(28-9)10-7-13(23)11(21(25,26)27)8-16(10)32-15-5-4-12(22)17(24)19(15)31-2/h4-8,18,28,33H,1-3H3. The van der Waals surface area contributed by atoms with E-state index in [1.54, 1.807) is 0 Å². The van der Waals surface area contributed by atoms with Gasteiger partial charge in [-0.3, -0.25) is 9.00 Å². The molecule has 0 radical (unpaired) electrons. The van der Waals surface area contributed by atoms with Gasteiger partial charge >= 0.3 is 6.18 Å². The first-order chi connectivity index (χ1) is 15.3. The van der Waals surface area contributed by atoms with Gasteiger partial charge in [0.1, 0.15) is 11.6 Å². The lowest BCUT2D eigenvalue weighted by Gasteiger charge is -2.28. The lowest BCUT2D eigenvalue weighted by atomic mass is 9.95. The molecule has 0 aromatic heterocycles. The molecule has 1 aliphatic rings. The van der Waals surface area contributed by atoms with Crippen molar-refractivity contribution in [3.8, 4) is 17.2 Å². The Labute approximate surface area is 186 Å². The van der Waals surface area contributed by atoms with Crippen LogP contribution in [0.25, 0.3) is 0 Å². The molecule has 0 bridgehead atoms. The Kier molecular flexibility index (Phi) is 6.68. The molecule has 0 saturated heterocycles. The van der Waals surface area contributed by atoms with Gasteiger partial charge in [-0.1, -0.05) is 0 Å². The molecule has 1 N–H and O–H groups in total. The quantitative estimate of drug-likeness (QED) is 0.377. The number of allylic oxidation sites excluding steroid dienone is 2. The summed E-state index contributed by atoms with van der Waals surface area (Å²) in [5, 5.41) is 2.78. The van der Waals surface area contributed by atoms with E-state index < -0.39 is 68.7 Å². The summed E-state index contributed by atoms with van der Waals surface area (Å²) in [6, 6.07) is 1.08. The number of alkyl halides is 3. The van der Waals surface area contributed by atoms with Crippen LogP contribution in [-0.2, 0) is 21.4 Å². The third-order valence-corrected chi connectivity index (χ3v) is 5.90. The Morgan fingerprint density at radius 1 is 1.06 bits per heavy atom. The largest absolute Gasteiger partial charge is 0.490 e. The Hall–Kier alpha value is -3.15. The molecule has 178 valence electrons. The first-order valence-corrected chi connectivity index (χ1v) is 10.9. The molecule has 3 rings (SSSR count). The van der Waals surface area contributed by atoms with E-state index in [1.807, 2.05) is 0 Å². The van der Waals surface area contributed by atoms with Crippen molar-refractivity contribution < 1.29 is 44.8 Å². The summed E-state index contributed by atoms with van der Waals surface area (Å²) in [4.78, 5) is 12.2. The molecular weight excluding hydrogens is 476 g/mol. The number of rotatable bonds is 4. The molecule has 0 aliphatic carbocycles. The van der Waals surface area contributed by atoms with Crippen molar-refractivity contribution in [1.29, 1.82) is 0 Å². The number of halogens is 6. The van der Waals surface area contributed by atoms with Crippen LogP contribution in [0.15, 0.2) is 36.0 Å². The van der Waals surface area contributed by atoms with Crippen molar-refractivity contribution in [2.75, 3.05) is 13.4 Å². The van der Waals surface area contributed by atoms with Gasteiger partial charge in [0.25, 0.3) is 0 Å². The number of nitrogens with one attached hydrogen (secondary N) is 1. The van der Waals surface area contributed by atoms with Gasteiger partial charge in [0.2, 0.25) is 11.6 Å².